The van der Waals surface area contributed by atoms with Crippen molar-refractivity contribution in [2.45, 2.75) is 55.9 Å². The van der Waals surface area contributed by atoms with E-state index in [1.54, 1.807) is 18.9 Å². The zero-order valence-electron chi connectivity index (χ0n) is 16.9. The van der Waals surface area contributed by atoms with Gasteiger partial charge in [0.1, 0.15) is 11.6 Å². The molecule has 1 aromatic heterocycles. The molecule has 7 heteroatoms. The summed E-state index contributed by atoms with van der Waals surface area (Å²) < 4.78 is 5.38. The second-order valence-corrected chi connectivity index (χ2v) is 8.90. The summed E-state index contributed by atoms with van der Waals surface area (Å²) in [6.07, 6.45) is 3.07. The van der Waals surface area contributed by atoms with E-state index in [-0.39, 0.29) is 11.3 Å². The van der Waals surface area contributed by atoms with Crippen LogP contribution < -0.4 is 15.6 Å². The van der Waals surface area contributed by atoms with E-state index in [9.17, 15) is 9.59 Å². The summed E-state index contributed by atoms with van der Waals surface area (Å²) >= 11 is 1.55. The van der Waals surface area contributed by atoms with E-state index in [1.807, 2.05) is 24.3 Å². The maximum Gasteiger partial charge on any atom is 0.257 e. The summed E-state index contributed by atoms with van der Waals surface area (Å²) in [4.78, 5) is 33.7. The first kappa shape index (κ1) is 19.8. The number of thioether (sulfide) groups is 1. The van der Waals surface area contributed by atoms with Crippen LogP contribution in [0, 0.1) is 0 Å². The van der Waals surface area contributed by atoms with Gasteiger partial charge in [-0.25, -0.2) is 4.98 Å². The molecule has 1 aliphatic carbocycles. The number of Topliss-reactive ketones (excluding diaryl/α,β-unsaturated/α-hetero) is 1. The molecule has 0 bridgehead atoms. The van der Waals surface area contributed by atoms with Crippen LogP contribution in [0.5, 0.6) is 5.75 Å². The molecule has 4 rings (SSSR count). The molecule has 2 aliphatic rings. The third-order valence-corrected chi connectivity index (χ3v) is 6.70. The van der Waals surface area contributed by atoms with Crippen LogP contribution >= 0.6 is 11.8 Å². The predicted octanol–water partition coefficient (Wildman–Crippen LogP) is 4.23. The van der Waals surface area contributed by atoms with Crippen molar-refractivity contribution in [2.24, 2.45) is 0 Å². The summed E-state index contributed by atoms with van der Waals surface area (Å²) in [6.45, 7) is 4.22. The fourth-order valence-corrected chi connectivity index (χ4v) is 4.77. The highest BCUT2D eigenvalue weighted by Gasteiger charge is 2.38. The standard InChI is InChI=1S/C22H25N3O3S/c1-4-12(2)29-22-24-20-19(21(27)25-22)17(13-7-5-8-14(11-13)28-3)18-15(23-20)9-6-10-16(18)26/h5,7-8,11-12,17H,4,6,9-10H2,1-3H3,(H2,23,24,25,27)/t12-,17+/m1/s1. The molecule has 0 amide bonds. The summed E-state index contributed by atoms with van der Waals surface area (Å²) in [5.41, 5.74) is 2.74. The second kappa shape index (κ2) is 8.06. The number of anilines is 1. The Morgan fingerprint density at radius 3 is 2.90 bits per heavy atom. The fourth-order valence-electron chi connectivity index (χ4n) is 3.92. The third-order valence-electron chi connectivity index (χ3n) is 5.55. The Kier molecular flexibility index (Phi) is 5.50. The van der Waals surface area contributed by atoms with E-state index in [1.165, 1.54) is 0 Å². The van der Waals surface area contributed by atoms with Crippen LogP contribution in [0.15, 0.2) is 45.5 Å². The second-order valence-electron chi connectivity index (χ2n) is 7.47. The minimum Gasteiger partial charge on any atom is -0.497 e. The van der Waals surface area contributed by atoms with Crippen LogP contribution in [0.25, 0.3) is 0 Å². The molecule has 2 aromatic rings. The van der Waals surface area contributed by atoms with Gasteiger partial charge in [-0.3, -0.25) is 9.59 Å². The molecule has 0 fully saturated rings. The molecule has 6 nitrogen and oxygen atoms in total. The number of hydrogen-bond donors (Lipinski definition) is 2. The number of ketones is 1. The summed E-state index contributed by atoms with van der Waals surface area (Å²) in [5, 5.41) is 4.26. The molecule has 2 N–H and O–H groups in total. The van der Waals surface area contributed by atoms with Crippen molar-refractivity contribution in [1.29, 1.82) is 0 Å². The normalized spacial score (nSPS) is 19.3. The van der Waals surface area contributed by atoms with E-state index in [0.29, 0.717) is 39.5 Å². The van der Waals surface area contributed by atoms with E-state index in [0.717, 1.165) is 30.5 Å². The average Bonchev–Trinajstić information content (AvgIpc) is 2.72. The number of ether oxygens (including phenoxy) is 1. The van der Waals surface area contributed by atoms with Crippen molar-refractivity contribution in [2.75, 3.05) is 12.4 Å². The number of fused-ring (bicyclic) bond motifs is 1. The van der Waals surface area contributed by atoms with Gasteiger partial charge in [0, 0.05) is 28.9 Å². The van der Waals surface area contributed by atoms with Gasteiger partial charge in [0.25, 0.3) is 5.56 Å². The summed E-state index contributed by atoms with van der Waals surface area (Å²) in [5.74, 6) is 0.903. The Bertz CT molecular complexity index is 1040. The van der Waals surface area contributed by atoms with Gasteiger partial charge in [0.05, 0.1) is 12.7 Å². The van der Waals surface area contributed by atoms with Crippen LogP contribution in [-0.4, -0.2) is 28.1 Å². The first-order valence-corrected chi connectivity index (χ1v) is 10.9. The molecule has 2 heterocycles. The Labute approximate surface area is 174 Å². The minimum absolute atomic E-state index is 0.0923. The van der Waals surface area contributed by atoms with Crippen molar-refractivity contribution in [1.82, 2.24) is 9.97 Å². The Balaban J connectivity index is 1.89. The van der Waals surface area contributed by atoms with Crippen LogP contribution in [0.4, 0.5) is 5.82 Å². The van der Waals surface area contributed by atoms with E-state index in [4.69, 9.17) is 9.72 Å². The van der Waals surface area contributed by atoms with Crippen LogP contribution in [0.2, 0.25) is 0 Å². The monoisotopic (exact) mass is 411 g/mol. The number of carbonyl (C=O) groups excluding carboxylic acids is 1. The van der Waals surface area contributed by atoms with Gasteiger partial charge in [-0.05, 0) is 37.0 Å². The van der Waals surface area contributed by atoms with E-state index in [2.05, 4.69) is 24.1 Å². The lowest BCUT2D eigenvalue weighted by molar-refractivity contribution is -0.116. The Morgan fingerprint density at radius 2 is 2.14 bits per heavy atom. The number of hydrogen-bond acceptors (Lipinski definition) is 6. The number of allylic oxidation sites excluding steroid dienone is 2. The third kappa shape index (κ3) is 3.71. The van der Waals surface area contributed by atoms with Crippen LogP contribution in [0.1, 0.15) is 56.6 Å². The maximum absolute atomic E-state index is 13.2. The van der Waals surface area contributed by atoms with Crippen molar-refractivity contribution in [3.8, 4) is 5.75 Å². The number of methoxy groups -OCH3 is 1. The highest BCUT2D eigenvalue weighted by Crippen LogP contribution is 2.44. The van der Waals surface area contributed by atoms with Gasteiger partial charge in [-0.2, -0.15) is 0 Å². The van der Waals surface area contributed by atoms with Gasteiger partial charge in [0.2, 0.25) is 0 Å². The molecule has 152 valence electrons. The number of carbonyl (C=O) groups is 1. The topological polar surface area (TPSA) is 84.1 Å². The van der Waals surface area contributed by atoms with Crippen LogP contribution in [-0.2, 0) is 4.79 Å². The molecule has 0 spiro atoms. The number of benzene rings is 1. The number of rotatable bonds is 5. The highest BCUT2D eigenvalue weighted by molar-refractivity contribution is 7.99. The largest absolute Gasteiger partial charge is 0.497 e. The first-order chi connectivity index (χ1) is 14.0. The predicted molar refractivity (Wildman–Crippen MR) is 115 cm³/mol. The number of aromatic amines is 1. The zero-order valence-corrected chi connectivity index (χ0v) is 17.7. The molecule has 0 unspecified atom stereocenters. The molecular formula is C22H25N3O3S. The number of nitrogens with one attached hydrogen (secondary N) is 2. The van der Waals surface area contributed by atoms with Crippen molar-refractivity contribution in [3.05, 3.63) is 57.0 Å². The highest BCUT2D eigenvalue weighted by atomic mass is 32.2. The molecule has 2 atom stereocenters. The van der Waals surface area contributed by atoms with E-state index < -0.39 is 5.92 Å². The molecule has 1 aromatic carbocycles. The molecule has 0 saturated heterocycles. The van der Waals surface area contributed by atoms with Crippen molar-refractivity contribution < 1.29 is 9.53 Å². The van der Waals surface area contributed by atoms with Crippen molar-refractivity contribution >= 4 is 23.4 Å². The quantitative estimate of drug-likeness (QED) is 0.566. The van der Waals surface area contributed by atoms with Gasteiger partial charge in [-0.1, -0.05) is 37.7 Å². The number of aromatic nitrogens is 2. The summed E-state index contributed by atoms with van der Waals surface area (Å²) in [6, 6.07) is 7.58. The molecule has 29 heavy (non-hydrogen) atoms. The molecule has 0 radical (unpaired) electrons. The summed E-state index contributed by atoms with van der Waals surface area (Å²) in [7, 11) is 1.61. The fraction of sp³-hybridized carbons (Fsp3) is 0.409. The molecule has 0 saturated carbocycles. The van der Waals surface area contributed by atoms with Gasteiger partial charge >= 0.3 is 0 Å². The SMILES string of the molecule is CC[C@@H](C)Sc1nc2c(c(=O)[nH]1)[C@@H](c1cccc(OC)c1)C1=C(CCCC1=O)N2. The first-order valence-electron chi connectivity index (χ1n) is 9.99. The van der Waals surface area contributed by atoms with Gasteiger partial charge < -0.3 is 15.0 Å². The zero-order chi connectivity index (χ0) is 20.5. The van der Waals surface area contributed by atoms with Crippen molar-refractivity contribution in [3.63, 3.8) is 0 Å². The average molecular weight is 412 g/mol. The van der Waals surface area contributed by atoms with Gasteiger partial charge in [-0.15, -0.1) is 0 Å². The Morgan fingerprint density at radius 1 is 1.31 bits per heavy atom. The smallest absolute Gasteiger partial charge is 0.257 e. The Hall–Kier alpha value is -2.54. The number of H-pyrrole nitrogens is 1. The molecule has 1 aliphatic heterocycles. The lowest BCUT2D eigenvalue weighted by Gasteiger charge is -2.33. The van der Waals surface area contributed by atoms with E-state index >= 15 is 0 Å². The lowest BCUT2D eigenvalue weighted by atomic mass is 9.76. The maximum atomic E-state index is 13.2. The molecular weight excluding hydrogens is 386 g/mol. The lowest BCUT2D eigenvalue weighted by Crippen LogP contribution is -2.32. The van der Waals surface area contributed by atoms with Crippen LogP contribution in [0.3, 0.4) is 0 Å². The number of nitrogens with zero attached hydrogens (tertiary/aromatic N) is 1. The minimum atomic E-state index is -0.442. The van der Waals surface area contributed by atoms with Gasteiger partial charge in [0.15, 0.2) is 10.9 Å².